The first-order valence-corrected chi connectivity index (χ1v) is 11.1. The van der Waals surface area contributed by atoms with Crippen molar-refractivity contribution in [2.24, 2.45) is 0 Å². The van der Waals surface area contributed by atoms with E-state index in [0.29, 0.717) is 46.9 Å². The Morgan fingerprint density at radius 3 is 2.56 bits per heavy atom. The number of hydrogen-bond acceptors (Lipinski definition) is 4. The molecule has 162 valence electrons. The van der Waals surface area contributed by atoms with Crippen molar-refractivity contribution < 1.29 is 14.3 Å². The van der Waals surface area contributed by atoms with Gasteiger partial charge >= 0.3 is 0 Å². The van der Waals surface area contributed by atoms with Crippen LogP contribution in [0.3, 0.4) is 0 Å². The predicted molar refractivity (Wildman–Crippen MR) is 126 cm³/mol. The first kappa shape index (κ1) is 21.1. The van der Waals surface area contributed by atoms with E-state index in [-0.39, 0.29) is 5.78 Å². The molecule has 0 N–H and O–H groups in total. The maximum absolute atomic E-state index is 13.1. The number of aryl methyl sites for hydroxylation is 2. The van der Waals surface area contributed by atoms with E-state index in [4.69, 9.17) is 32.7 Å². The molecule has 0 saturated carbocycles. The number of carbonyl (C=O) groups is 1. The topological polar surface area (TPSA) is 38.8 Å². The number of rotatable bonds is 3. The summed E-state index contributed by atoms with van der Waals surface area (Å²) in [4.78, 5) is 15.3. The first-order valence-electron chi connectivity index (χ1n) is 10.4. The second kappa shape index (κ2) is 8.28. The van der Waals surface area contributed by atoms with Crippen LogP contribution in [0.5, 0.6) is 11.5 Å². The molecule has 0 aliphatic carbocycles. The molecule has 2 aliphatic heterocycles. The normalized spacial score (nSPS) is 16.5. The molecule has 0 amide bonds. The number of Topliss-reactive ketones (excluding diaryl/α,β-unsaturated/α-hetero) is 1. The van der Waals surface area contributed by atoms with Crippen LogP contribution in [0.1, 0.15) is 38.2 Å². The molecular weight excluding hydrogens is 445 g/mol. The Kier molecular flexibility index (Phi) is 5.46. The maximum atomic E-state index is 13.1. The minimum absolute atomic E-state index is 0.0949. The second-order valence-corrected chi connectivity index (χ2v) is 9.05. The number of allylic oxidation sites excluding steroid dienone is 1. The minimum atomic E-state index is -0.0949. The molecule has 0 fully saturated rings. The molecule has 0 spiro atoms. The van der Waals surface area contributed by atoms with Crippen molar-refractivity contribution in [3.63, 3.8) is 0 Å². The van der Waals surface area contributed by atoms with Gasteiger partial charge in [0.25, 0.3) is 0 Å². The van der Waals surface area contributed by atoms with Crippen LogP contribution in [0.25, 0.3) is 6.08 Å². The van der Waals surface area contributed by atoms with Gasteiger partial charge in [0.1, 0.15) is 18.2 Å². The van der Waals surface area contributed by atoms with E-state index >= 15 is 0 Å². The van der Waals surface area contributed by atoms with E-state index < -0.39 is 0 Å². The maximum Gasteiger partial charge on any atom is 0.232 e. The third-order valence-corrected chi connectivity index (χ3v) is 6.49. The van der Waals surface area contributed by atoms with Crippen molar-refractivity contribution in [3.05, 3.63) is 97.7 Å². The van der Waals surface area contributed by atoms with Gasteiger partial charge in [-0.2, -0.15) is 0 Å². The summed E-state index contributed by atoms with van der Waals surface area (Å²) in [6, 6.07) is 15.5. The van der Waals surface area contributed by atoms with Gasteiger partial charge < -0.3 is 9.47 Å². The van der Waals surface area contributed by atoms with Crippen LogP contribution in [-0.4, -0.2) is 17.4 Å². The lowest BCUT2D eigenvalue weighted by Gasteiger charge is -2.30. The number of benzene rings is 3. The van der Waals surface area contributed by atoms with Crippen LogP contribution in [0.15, 0.2) is 54.3 Å². The summed E-state index contributed by atoms with van der Waals surface area (Å²) in [5.41, 5.74) is 5.48. The van der Waals surface area contributed by atoms with E-state index in [2.05, 4.69) is 4.90 Å². The van der Waals surface area contributed by atoms with Gasteiger partial charge in [0.05, 0.1) is 21.2 Å². The first-order chi connectivity index (χ1) is 15.4. The van der Waals surface area contributed by atoms with Crippen LogP contribution in [0.2, 0.25) is 10.0 Å². The summed E-state index contributed by atoms with van der Waals surface area (Å²) in [5.74, 6) is 1.60. The third-order valence-electron chi connectivity index (χ3n) is 5.75. The monoisotopic (exact) mass is 465 g/mol. The van der Waals surface area contributed by atoms with Gasteiger partial charge in [-0.3, -0.25) is 9.69 Å². The van der Waals surface area contributed by atoms with Crippen LogP contribution in [-0.2, 0) is 13.1 Å². The smallest absolute Gasteiger partial charge is 0.232 e. The quantitative estimate of drug-likeness (QED) is 0.409. The molecule has 0 unspecified atom stereocenters. The summed E-state index contributed by atoms with van der Waals surface area (Å²) >= 11 is 12.2. The summed E-state index contributed by atoms with van der Waals surface area (Å²) in [6.45, 7) is 5.62. The number of hydrogen-bond donors (Lipinski definition) is 0. The van der Waals surface area contributed by atoms with Crippen molar-refractivity contribution in [3.8, 4) is 11.5 Å². The number of fused-ring (bicyclic) bond motifs is 3. The Bertz CT molecular complexity index is 1270. The lowest BCUT2D eigenvalue weighted by molar-refractivity contribution is 0.0872. The molecule has 5 rings (SSSR count). The highest BCUT2D eigenvalue weighted by atomic mass is 35.5. The summed E-state index contributed by atoms with van der Waals surface area (Å²) < 4.78 is 12.2. The zero-order chi connectivity index (χ0) is 22.4. The second-order valence-electron chi connectivity index (χ2n) is 8.23. The molecule has 0 atom stereocenters. The van der Waals surface area contributed by atoms with Crippen molar-refractivity contribution in [2.75, 3.05) is 6.73 Å². The van der Waals surface area contributed by atoms with Gasteiger partial charge in [0, 0.05) is 13.1 Å². The molecular formula is C26H21Cl2NO3. The number of halogens is 2. The molecule has 2 aliphatic rings. The van der Waals surface area contributed by atoms with Crippen molar-refractivity contribution in [1.29, 1.82) is 0 Å². The van der Waals surface area contributed by atoms with Crippen LogP contribution < -0.4 is 9.47 Å². The predicted octanol–water partition coefficient (Wildman–Crippen LogP) is 6.58. The molecule has 6 heteroatoms. The van der Waals surface area contributed by atoms with E-state index in [1.54, 1.807) is 12.1 Å². The van der Waals surface area contributed by atoms with Crippen LogP contribution >= 0.6 is 23.2 Å². The molecule has 32 heavy (non-hydrogen) atoms. The van der Waals surface area contributed by atoms with E-state index in [1.165, 1.54) is 5.56 Å². The SMILES string of the molecule is Cc1ccc(/C=C2\Oc3c4c(cc(C)c3C2=O)OCN(Cc2ccc(Cl)c(Cl)c2)C4)cc1. The van der Waals surface area contributed by atoms with Gasteiger partial charge in [0.15, 0.2) is 5.76 Å². The molecule has 0 saturated heterocycles. The molecule has 0 radical (unpaired) electrons. The van der Waals surface area contributed by atoms with Crippen LogP contribution in [0.4, 0.5) is 0 Å². The third kappa shape index (κ3) is 3.90. The van der Waals surface area contributed by atoms with Crippen molar-refractivity contribution in [2.45, 2.75) is 26.9 Å². The average Bonchev–Trinajstić information content (AvgIpc) is 3.10. The van der Waals surface area contributed by atoms with Gasteiger partial charge in [-0.1, -0.05) is 59.1 Å². The zero-order valence-electron chi connectivity index (χ0n) is 17.7. The minimum Gasteiger partial charge on any atom is -0.478 e. The fraction of sp³-hybridized carbons (Fsp3) is 0.192. The number of nitrogens with zero attached hydrogens (tertiary/aromatic N) is 1. The van der Waals surface area contributed by atoms with E-state index in [1.807, 2.05) is 56.3 Å². The number of ketones is 1. The summed E-state index contributed by atoms with van der Waals surface area (Å²) in [7, 11) is 0. The Hall–Kier alpha value is -2.79. The number of carbonyl (C=O) groups excluding carboxylic acids is 1. The van der Waals surface area contributed by atoms with Gasteiger partial charge in [-0.05, 0) is 54.8 Å². The van der Waals surface area contributed by atoms with Crippen molar-refractivity contribution in [1.82, 2.24) is 4.90 Å². The van der Waals surface area contributed by atoms with Gasteiger partial charge in [-0.15, -0.1) is 0 Å². The molecule has 0 aromatic heterocycles. The standard InChI is InChI=1S/C26H21Cl2NO3/c1-15-3-5-17(6-4-15)11-23-25(30)24-16(2)9-22-19(26(24)32-23)13-29(14-31-22)12-18-7-8-20(27)21(28)10-18/h3-11H,12-14H2,1-2H3/b23-11-. The Morgan fingerprint density at radius 2 is 1.81 bits per heavy atom. The highest BCUT2D eigenvalue weighted by Crippen LogP contribution is 2.44. The highest BCUT2D eigenvalue weighted by Gasteiger charge is 2.35. The molecule has 3 aromatic carbocycles. The molecule has 2 heterocycles. The lowest BCUT2D eigenvalue weighted by Crippen LogP contribution is -2.31. The molecule has 3 aromatic rings. The summed E-state index contributed by atoms with van der Waals surface area (Å²) in [6.07, 6.45) is 1.80. The fourth-order valence-electron chi connectivity index (χ4n) is 4.09. The van der Waals surface area contributed by atoms with Crippen LogP contribution in [0, 0.1) is 13.8 Å². The average molecular weight is 466 g/mol. The summed E-state index contributed by atoms with van der Waals surface area (Å²) in [5, 5.41) is 1.06. The van der Waals surface area contributed by atoms with Gasteiger partial charge in [0.2, 0.25) is 5.78 Å². The molecule has 4 nitrogen and oxygen atoms in total. The van der Waals surface area contributed by atoms with Crippen molar-refractivity contribution >= 4 is 35.1 Å². The fourth-order valence-corrected chi connectivity index (χ4v) is 4.41. The van der Waals surface area contributed by atoms with E-state index in [0.717, 1.165) is 28.0 Å². The Labute approximate surface area is 197 Å². The largest absolute Gasteiger partial charge is 0.478 e. The molecule has 0 bridgehead atoms. The number of ether oxygens (including phenoxy) is 2. The van der Waals surface area contributed by atoms with E-state index in [9.17, 15) is 4.79 Å². The Balaban J connectivity index is 1.45. The van der Waals surface area contributed by atoms with Gasteiger partial charge in [-0.25, -0.2) is 0 Å². The lowest BCUT2D eigenvalue weighted by atomic mass is 9.98. The highest BCUT2D eigenvalue weighted by molar-refractivity contribution is 6.42. The Morgan fingerprint density at radius 1 is 1.03 bits per heavy atom. The zero-order valence-corrected chi connectivity index (χ0v) is 19.3.